The molecule has 1 saturated heterocycles. The third-order valence-corrected chi connectivity index (χ3v) is 6.41. The van der Waals surface area contributed by atoms with Crippen LogP contribution in [-0.4, -0.2) is 36.7 Å². The molecular weight excluding hydrogens is 382 g/mol. The van der Waals surface area contributed by atoms with E-state index < -0.39 is 0 Å². The third-order valence-electron chi connectivity index (χ3n) is 6.41. The number of nitrogens with zero attached hydrogens (tertiary/aromatic N) is 1. The van der Waals surface area contributed by atoms with Crippen molar-refractivity contribution in [2.45, 2.75) is 26.2 Å². The van der Waals surface area contributed by atoms with E-state index in [0.717, 1.165) is 24.9 Å². The average Bonchev–Trinajstić information content (AvgIpc) is 3.06. The smallest absolute Gasteiger partial charge is 0.321 e. The van der Waals surface area contributed by atoms with Crippen LogP contribution in [0.5, 0.6) is 11.5 Å². The van der Waals surface area contributed by atoms with Crippen LogP contribution < -0.4 is 20.1 Å². The Morgan fingerprint density at radius 2 is 1.93 bits per heavy atom. The third kappa shape index (κ3) is 3.44. The number of benzene rings is 2. The molecule has 1 spiro atoms. The second-order valence-electron chi connectivity index (χ2n) is 8.33. The molecule has 0 radical (unpaired) electrons. The molecule has 2 fully saturated rings. The van der Waals surface area contributed by atoms with Crippen molar-refractivity contribution in [3.8, 4) is 11.5 Å². The van der Waals surface area contributed by atoms with Crippen molar-refractivity contribution >= 4 is 23.3 Å². The second-order valence-corrected chi connectivity index (χ2v) is 8.33. The summed E-state index contributed by atoms with van der Waals surface area (Å²) in [6, 6.07) is 13.2. The van der Waals surface area contributed by atoms with Crippen LogP contribution in [0.25, 0.3) is 0 Å². The molecule has 2 N–H and O–H groups in total. The van der Waals surface area contributed by atoms with Gasteiger partial charge in [-0.05, 0) is 49.1 Å². The van der Waals surface area contributed by atoms with Crippen LogP contribution >= 0.6 is 0 Å². The Labute approximate surface area is 175 Å². The Kier molecular flexibility index (Phi) is 4.53. The molecule has 3 amide bonds. The van der Waals surface area contributed by atoms with Crippen molar-refractivity contribution in [2.24, 2.45) is 11.3 Å². The zero-order valence-electron chi connectivity index (χ0n) is 16.9. The first-order valence-electron chi connectivity index (χ1n) is 10.4. The molecule has 3 aliphatic rings. The fraction of sp³-hybridized carbons (Fsp3) is 0.391. The van der Waals surface area contributed by atoms with Gasteiger partial charge in [0.2, 0.25) is 12.7 Å². The largest absolute Gasteiger partial charge is 0.454 e. The van der Waals surface area contributed by atoms with E-state index >= 15 is 0 Å². The van der Waals surface area contributed by atoms with Crippen molar-refractivity contribution in [3.05, 3.63) is 48.0 Å². The van der Waals surface area contributed by atoms with Crippen LogP contribution in [0.2, 0.25) is 0 Å². The van der Waals surface area contributed by atoms with Crippen molar-refractivity contribution in [2.75, 3.05) is 30.5 Å². The van der Waals surface area contributed by atoms with Gasteiger partial charge in [-0.3, -0.25) is 4.79 Å². The standard InChI is InChI=1S/C23H25N3O4/c1-2-15-4-3-5-16(10-15)25-22(28)26-9-8-23(13-26)12-18(23)21(27)24-17-6-7-19-20(11-17)30-14-29-19/h3-7,10-11,18H,2,8-9,12-14H2,1H3,(H,24,27)(H,25,28)/t18-,23-/m1/s1. The van der Waals surface area contributed by atoms with E-state index in [2.05, 4.69) is 17.6 Å². The van der Waals surface area contributed by atoms with E-state index in [9.17, 15) is 9.59 Å². The van der Waals surface area contributed by atoms with Crippen LogP contribution in [0.3, 0.4) is 0 Å². The van der Waals surface area contributed by atoms with E-state index in [1.165, 1.54) is 5.56 Å². The predicted octanol–water partition coefficient (Wildman–Crippen LogP) is 3.86. The molecule has 2 aromatic carbocycles. The highest BCUT2D eigenvalue weighted by Crippen LogP contribution is 2.58. The number of carbonyl (C=O) groups excluding carboxylic acids is 2. The molecule has 2 atom stereocenters. The topological polar surface area (TPSA) is 79.9 Å². The Balaban J connectivity index is 1.18. The number of likely N-dealkylation sites (tertiary alicyclic amines) is 1. The van der Waals surface area contributed by atoms with Gasteiger partial charge >= 0.3 is 6.03 Å². The monoisotopic (exact) mass is 407 g/mol. The number of ether oxygens (including phenoxy) is 2. The first kappa shape index (κ1) is 18.8. The van der Waals surface area contributed by atoms with E-state index in [1.807, 2.05) is 35.2 Å². The number of aryl methyl sites for hydroxylation is 1. The summed E-state index contributed by atoms with van der Waals surface area (Å²) in [6.07, 6.45) is 2.60. The summed E-state index contributed by atoms with van der Waals surface area (Å²) in [5.41, 5.74) is 2.61. The number of anilines is 2. The number of rotatable bonds is 4. The summed E-state index contributed by atoms with van der Waals surface area (Å²) in [5.74, 6) is 1.28. The SMILES string of the molecule is CCc1cccc(NC(=O)N2CC[C@@]3(C[C@@H]3C(=O)Nc3ccc4c(c3)OCO4)C2)c1. The molecule has 156 valence electrons. The first-order chi connectivity index (χ1) is 14.6. The fourth-order valence-corrected chi connectivity index (χ4v) is 4.51. The molecule has 5 rings (SSSR count). The zero-order chi connectivity index (χ0) is 20.7. The molecule has 7 nitrogen and oxygen atoms in total. The predicted molar refractivity (Wildman–Crippen MR) is 113 cm³/mol. The van der Waals surface area contributed by atoms with Gasteiger partial charge in [0.1, 0.15) is 0 Å². The van der Waals surface area contributed by atoms with Crippen LogP contribution in [0.1, 0.15) is 25.3 Å². The molecule has 0 unspecified atom stereocenters. The average molecular weight is 407 g/mol. The van der Waals surface area contributed by atoms with Crippen molar-refractivity contribution in [1.29, 1.82) is 0 Å². The second kappa shape index (κ2) is 7.23. The van der Waals surface area contributed by atoms with E-state index in [-0.39, 0.29) is 30.1 Å². The van der Waals surface area contributed by atoms with Crippen LogP contribution in [0.15, 0.2) is 42.5 Å². The van der Waals surface area contributed by atoms with Gasteiger partial charge in [-0.25, -0.2) is 4.79 Å². The van der Waals surface area contributed by atoms with Crippen LogP contribution in [-0.2, 0) is 11.2 Å². The Bertz CT molecular complexity index is 1010. The van der Waals surface area contributed by atoms with Crippen molar-refractivity contribution < 1.29 is 19.1 Å². The molecule has 1 saturated carbocycles. The molecule has 2 aromatic rings. The highest BCUT2D eigenvalue weighted by atomic mass is 16.7. The molecule has 2 aliphatic heterocycles. The molecular formula is C23H25N3O4. The van der Waals surface area contributed by atoms with Crippen LogP contribution in [0.4, 0.5) is 16.2 Å². The number of fused-ring (bicyclic) bond motifs is 1. The number of nitrogens with one attached hydrogen (secondary N) is 2. The Morgan fingerprint density at radius 1 is 1.10 bits per heavy atom. The molecule has 30 heavy (non-hydrogen) atoms. The molecule has 0 bridgehead atoms. The van der Waals surface area contributed by atoms with Gasteiger partial charge in [-0.1, -0.05) is 19.1 Å². The number of urea groups is 1. The summed E-state index contributed by atoms with van der Waals surface area (Å²) in [6.45, 7) is 3.59. The molecule has 2 heterocycles. The molecule has 0 aromatic heterocycles. The van der Waals surface area contributed by atoms with Gasteiger partial charge in [-0.2, -0.15) is 0 Å². The lowest BCUT2D eigenvalue weighted by molar-refractivity contribution is -0.118. The van der Waals surface area contributed by atoms with E-state index in [4.69, 9.17) is 9.47 Å². The number of carbonyl (C=O) groups is 2. The van der Waals surface area contributed by atoms with Crippen molar-refractivity contribution in [3.63, 3.8) is 0 Å². The molecule has 1 aliphatic carbocycles. The van der Waals surface area contributed by atoms with Crippen LogP contribution in [0, 0.1) is 11.3 Å². The van der Waals surface area contributed by atoms with Gasteiger partial charge in [0, 0.05) is 41.9 Å². The summed E-state index contributed by atoms with van der Waals surface area (Å²) in [7, 11) is 0. The van der Waals surface area contributed by atoms with E-state index in [0.29, 0.717) is 30.3 Å². The number of hydrogen-bond donors (Lipinski definition) is 2. The van der Waals surface area contributed by atoms with Gasteiger partial charge in [-0.15, -0.1) is 0 Å². The minimum atomic E-state index is -0.0954. The van der Waals surface area contributed by atoms with Gasteiger partial charge < -0.3 is 25.0 Å². The maximum Gasteiger partial charge on any atom is 0.321 e. The van der Waals surface area contributed by atoms with Crippen molar-refractivity contribution in [1.82, 2.24) is 4.90 Å². The first-order valence-corrected chi connectivity index (χ1v) is 10.4. The highest BCUT2D eigenvalue weighted by molar-refractivity contribution is 5.96. The Morgan fingerprint density at radius 3 is 2.80 bits per heavy atom. The highest BCUT2D eigenvalue weighted by Gasteiger charge is 2.61. The summed E-state index contributed by atoms with van der Waals surface area (Å²) in [4.78, 5) is 27.3. The lowest BCUT2D eigenvalue weighted by Crippen LogP contribution is -2.33. The van der Waals surface area contributed by atoms with Gasteiger partial charge in [0.25, 0.3) is 0 Å². The minimum Gasteiger partial charge on any atom is -0.454 e. The quantitative estimate of drug-likeness (QED) is 0.807. The summed E-state index contributed by atoms with van der Waals surface area (Å²) in [5, 5.41) is 5.98. The zero-order valence-corrected chi connectivity index (χ0v) is 16.9. The number of amides is 3. The lowest BCUT2D eigenvalue weighted by Gasteiger charge is -2.18. The summed E-state index contributed by atoms with van der Waals surface area (Å²) >= 11 is 0. The van der Waals surface area contributed by atoms with Gasteiger partial charge in [0.05, 0.1) is 0 Å². The Hall–Kier alpha value is -3.22. The lowest BCUT2D eigenvalue weighted by atomic mass is 10.0. The molecule has 7 heteroatoms. The van der Waals surface area contributed by atoms with E-state index in [1.54, 1.807) is 12.1 Å². The van der Waals surface area contributed by atoms with Gasteiger partial charge in [0.15, 0.2) is 11.5 Å². The number of hydrogen-bond acceptors (Lipinski definition) is 4. The maximum atomic E-state index is 12.8. The fourth-order valence-electron chi connectivity index (χ4n) is 4.51. The minimum absolute atomic E-state index is 0.00627. The normalized spacial score (nSPS) is 23.5. The summed E-state index contributed by atoms with van der Waals surface area (Å²) < 4.78 is 10.7. The maximum absolute atomic E-state index is 12.8.